The van der Waals surface area contributed by atoms with E-state index in [1.54, 1.807) is 6.92 Å². The van der Waals surface area contributed by atoms with E-state index >= 15 is 0 Å². The van der Waals surface area contributed by atoms with Gasteiger partial charge in [-0.3, -0.25) is 0 Å². The molecule has 0 aliphatic rings. The topological polar surface area (TPSA) is 59.4 Å². The molecule has 0 aliphatic heterocycles. The Bertz CT molecular complexity index is 351. The highest BCUT2D eigenvalue weighted by molar-refractivity contribution is 7.79. The Hall–Kier alpha value is -0.940. The molecule has 1 heterocycles. The van der Waals surface area contributed by atoms with E-state index in [4.69, 9.17) is 9.29 Å². The van der Waals surface area contributed by atoms with Crippen LogP contribution in [0.15, 0.2) is 11.2 Å². The first-order valence-electron chi connectivity index (χ1n) is 3.69. The van der Waals surface area contributed by atoms with Crippen molar-refractivity contribution < 1.29 is 13.5 Å². The summed E-state index contributed by atoms with van der Waals surface area (Å²) < 4.78 is 24.7. The van der Waals surface area contributed by atoms with Crippen LogP contribution in [0.1, 0.15) is 11.1 Å². The van der Waals surface area contributed by atoms with Gasteiger partial charge in [-0.25, -0.2) is 9.19 Å². The lowest BCUT2D eigenvalue weighted by molar-refractivity contribution is 0.405. The Morgan fingerprint density at radius 2 is 2.15 bits per heavy atom. The average Bonchev–Trinajstić information content (AvgIpc) is 2.04. The van der Waals surface area contributed by atoms with Crippen molar-refractivity contribution in [3.8, 4) is 5.75 Å². The van der Waals surface area contributed by atoms with Gasteiger partial charge in [0, 0.05) is 17.3 Å². The fraction of sp³-hybridized carbons (Fsp3) is 0.375. The standard InChI is InChI=1S/C8H11NO3S/c1-5-4-9-8(13(10)11)6(2)7(5)12-3/h4H,1-3H3,(H,10,11). The van der Waals surface area contributed by atoms with E-state index < -0.39 is 11.1 Å². The Balaban J connectivity index is 3.35. The maximum Gasteiger partial charge on any atom is 0.206 e. The lowest BCUT2D eigenvalue weighted by Crippen LogP contribution is -2.01. The highest BCUT2D eigenvalue weighted by Crippen LogP contribution is 2.24. The Labute approximate surface area is 79.2 Å². The first-order valence-corrected chi connectivity index (χ1v) is 4.79. The quantitative estimate of drug-likeness (QED) is 0.732. The third-order valence-corrected chi connectivity index (χ3v) is 2.51. The number of aryl methyl sites for hydroxylation is 1. The summed E-state index contributed by atoms with van der Waals surface area (Å²) in [5, 5.41) is 0.155. The van der Waals surface area contributed by atoms with Crippen LogP contribution in [0.2, 0.25) is 0 Å². The Morgan fingerprint density at radius 1 is 1.54 bits per heavy atom. The second-order valence-electron chi connectivity index (χ2n) is 2.65. The van der Waals surface area contributed by atoms with Crippen LogP contribution in [0.25, 0.3) is 0 Å². The molecule has 5 heteroatoms. The Kier molecular flexibility index (Phi) is 3.00. The van der Waals surface area contributed by atoms with E-state index in [2.05, 4.69) is 4.98 Å². The fourth-order valence-corrected chi connectivity index (χ4v) is 1.69. The summed E-state index contributed by atoms with van der Waals surface area (Å²) in [6.07, 6.45) is 1.52. The third-order valence-electron chi connectivity index (χ3n) is 1.76. The summed E-state index contributed by atoms with van der Waals surface area (Å²) in [5.41, 5.74) is 1.47. The maximum absolute atomic E-state index is 10.8. The van der Waals surface area contributed by atoms with Gasteiger partial charge < -0.3 is 9.29 Å². The minimum Gasteiger partial charge on any atom is -0.496 e. The number of methoxy groups -OCH3 is 1. The molecule has 1 atom stereocenters. The van der Waals surface area contributed by atoms with Gasteiger partial charge in [-0.1, -0.05) is 0 Å². The first kappa shape index (κ1) is 10.1. The van der Waals surface area contributed by atoms with E-state index in [0.29, 0.717) is 11.3 Å². The van der Waals surface area contributed by atoms with Gasteiger partial charge in [0.15, 0.2) is 5.03 Å². The highest BCUT2D eigenvalue weighted by atomic mass is 32.2. The van der Waals surface area contributed by atoms with Crippen molar-refractivity contribution in [3.05, 3.63) is 17.3 Å². The summed E-state index contributed by atoms with van der Waals surface area (Å²) in [6.45, 7) is 3.55. The lowest BCUT2D eigenvalue weighted by atomic mass is 10.2. The second-order valence-corrected chi connectivity index (χ2v) is 3.54. The molecule has 1 unspecified atom stereocenters. The smallest absolute Gasteiger partial charge is 0.206 e. The van der Waals surface area contributed by atoms with Crippen LogP contribution in [-0.2, 0) is 11.1 Å². The summed E-state index contributed by atoms with van der Waals surface area (Å²) in [4.78, 5) is 3.86. The minimum atomic E-state index is -2.05. The number of aromatic nitrogens is 1. The molecule has 0 bridgehead atoms. The van der Waals surface area contributed by atoms with Crippen molar-refractivity contribution in [2.24, 2.45) is 0 Å². The Morgan fingerprint density at radius 3 is 2.62 bits per heavy atom. The summed E-state index contributed by atoms with van der Waals surface area (Å²) >= 11 is -2.05. The van der Waals surface area contributed by atoms with Gasteiger partial charge in [0.25, 0.3) is 0 Å². The maximum atomic E-state index is 10.8. The number of rotatable bonds is 2. The predicted molar refractivity (Wildman–Crippen MR) is 49.3 cm³/mol. The highest BCUT2D eigenvalue weighted by Gasteiger charge is 2.12. The molecule has 13 heavy (non-hydrogen) atoms. The summed E-state index contributed by atoms with van der Waals surface area (Å²) in [7, 11) is 1.53. The lowest BCUT2D eigenvalue weighted by Gasteiger charge is -2.09. The van der Waals surface area contributed by atoms with Gasteiger partial charge in [-0.2, -0.15) is 0 Å². The molecule has 0 aromatic carbocycles. The normalized spacial score (nSPS) is 12.6. The van der Waals surface area contributed by atoms with Gasteiger partial charge in [-0.05, 0) is 13.8 Å². The molecule has 0 fully saturated rings. The molecule has 4 nitrogen and oxygen atoms in total. The molecular formula is C8H11NO3S. The molecule has 1 aromatic heterocycles. The summed E-state index contributed by atoms with van der Waals surface area (Å²) in [5.74, 6) is 0.618. The summed E-state index contributed by atoms with van der Waals surface area (Å²) in [6, 6.07) is 0. The first-order chi connectivity index (χ1) is 6.07. The molecule has 0 aliphatic carbocycles. The minimum absolute atomic E-state index is 0.155. The van der Waals surface area contributed by atoms with Crippen molar-refractivity contribution in [2.75, 3.05) is 7.11 Å². The molecule has 0 radical (unpaired) electrons. The van der Waals surface area contributed by atoms with Crippen molar-refractivity contribution in [1.82, 2.24) is 4.98 Å². The number of hydrogen-bond acceptors (Lipinski definition) is 3. The zero-order valence-corrected chi connectivity index (χ0v) is 8.51. The molecule has 0 saturated carbocycles. The molecular weight excluding hydrogens is 190 g/mol. The van der Waals surface area contributed by atoms with Crippen LogP contribution < -0.4 is 4.74 Å². The van der Waals surface area contributed by atoms with E-state index in [1.807, 2.05) is 6.92 Å². The number of hydrogen-bond donors (Lipinski definition) is 1. The van der Waals surface area contributed by atoms with Gasteiger partial charge in [0.2, 0.25) is 11.1 Å². The molecule has 72 valence electrons. The van der Waals surface area contributed by atoms with Crippen LogP contribution >= 0.6 is 0 Å². The van der Waals surface area contributed by atoms with E-state index in [1.165, 1.54) is 13.3 Å². The zero-order valence-electron chi connectivity index (χ0n) is 7.70. The van der Waals surface area contributed by atoms with Crippen LogP contribution in [-0.4, -0.2) is 20.9 Å². The third kappa shape index (κ3) is 1.87. The molecule has 0 saturated heterocycles. The van der Waals surface area contributed by atoms with Gasteiger partial charge >= 0.3 is 0 Å². The zero-order chi connectivity index (χ0) is 10.0. The monoisotopic (exact) mass is 201 g/mol. The van der Waals surface area contributed by atoms with Gasteiger partial charge in [-0.15, -0.1) is 0 Å². The molecule has 0 amide bonds. The predicted octanol–water partition coefficient (Wildman–Crippen LogP) is 1.29. The van der Waals surface area contributed by atoms with E-state index in [9.17, 15) is 4.21 Å². The molecule has 0 spiro atoms. The van der Waals surface area contributed by atoms with E-state index in [0.717, 1.165) is 5.56 Å². The molecule has 1 N–H and O–H groups in total. The second kappa shape index (κ2) is 3.85. The van der Waals surface area contributed by atoms with Crippen LogP contribution in [0, 0.1) is 13.8 Å². The van der Waals surface area contributed by atoms with Crippen molar-refractivity contribution >= 4 is 11.1 Å². The largest absolute Gasteiger partial charge is 0.496 e. The molecule has 1 rings (SSSR count). The molecule has 1 aromatic rings. The fourth-order valence-electron chi connectivity index (χ4n) is 1.19. The average molecular weight is 201 g/mol. The van der Waals surface area contributed by atoms with Crippen molar-refractivity contribution in [2.45, 2.75) is 18.9 Å². The van der Waals surface area contributed by atoms with Crippen molar-refractivity contribution in [1.29, 1.82) is 0 Å². The van der Waals surface area contributed by atoms with Crippen molar-refractivity contribution in [3.63, 3.8) is 0 Å². The number of nitrogens with zero attached hydrogens (tertiary/aromatic N) is 1. The van der Waals surface area contributed by atoms with Gasteiger partial charge in [0.05, 0.1) is 7.11 Å². The van der Waals surface area contributed by atoms with Crippen LogP contribution in [0.5, 0.6) is 5.75 Å². The van der Waals surface area contributed by atoms with E-state index in [-0.39, 0.29) is 5.03 Å². The number of ether oxygens (including phenoxy) is 1. The SMILES string of the molecule is COc1c(C)cnc(S(=O)O)c1C. The number of pyridine rings is 1. The van der Waals surface area contributed by atoms with Crippen LogP contribution in [0.4, 0.5) is 0 Å². The van der Waals surface area contributed by atoms with Crippen LogP contribution in [0.3, 0.4) is 0 Å². The van der Waals surface area contributed by atoms with Gasteiger partial charge in [0.1, 0.15) is 5.75 Å².